The first-order valence-electron chi connectivity index (χ1n) is 9.65. The number of rotatable bonds is 8. The fourth-order valence-electron chi connectivity index (χ4n) is 3.58. The van der Waals surface area contributed by atoms with E-state index in [0.29, 0.717) is 48.4 Å². The second kappa shape index (κ2) is 9.98. The monoisotopic (exact) mass is 454 g/mol. The Hall–Kier alpha value is -1.84. The van der Waals surface area contributed by atoms with E-state index in [-0.39, 0.29) is 17.5 Å². The number of morpholine rings is 1. The number of hydrogen-bond donors (Lipinski definition) is 1. The summed E-state index contributed by atoms with van der Waals surface area (Å²) >= 11 is 6.19. The minimum atomic E-state index is -3.78. The summed E-state index contributed by atoms with van der Waals surface area (Å²) in [5.74, 6) is 0.849. The standard InChI is InChI=1S/C21H27ClN2O5S/c1-15-11-19(27-2)20(28-3)13-21(15)30(25,26)23-14-18(24-7-9-29-10-8-24)16-5-4-6-17(22)12-16/h4-6,11-13,18,23H,7-10,14H2,1-3H3. The number of aryl methyl sites for hydroxylation is 1. The van der Waals surface area contributed by atoms with Gasteiger partial charge in [0.1, 0.15) is 0 Å². The van der Waals surface area contributed by atoms with Gasteiger partial charge >= 0.3 is 0 Å². The van der Waals surface area contributed by atoms with Crippen LogP contribution in [0.25, 0.3) is 0 Å². The Labute approximate surface area is 182 Å². The molecule has 2 aromatic carbocycles. The summed E-state index contributed by atoms with van der Waals surface area (Å²) < 4.78 is 45.0. The minimum absolute atomic E-state index is 0.159. The molecule has 0 radical (unpaired) electrons. The fourth-order valence-corrected chi connectivity index (χ4v) is 5.06. The molecule has 164 valence electrons. The molecule has 0 aromatic heterocycles. The third kappa shape index (κ3) is 5.25. The molecule has 1 saturated heterocycles. The molecular formula is C21H27ClN2O5S. The second-order valence-electron chi connectivity index (χ2n) is 7.04. The lowest BCUT2D eigenvalue weighted by atomic mass is 10.1. The molecule has 3 rings (SSSR count). The van der Waals surface area contributed by atoms with E-state index in [1.54, 1.807) is 19.1 Å². The van der Waals surface area contributed by atoms with E-state index in [1.165, 1.54) is 20.3 Å². The van der Waals surface area contributed by atoms with E-state index in [0.717, 1.165) is 5.56 Å². The molecule has 9 heteroatoms. The highest BCUT2D eigenvalue weighted by Gasteiger charge is 2.26. The van der Waals surface area contributed by atoms with Crippen LogP contribution in [0.2, 0.25) is 5.02 Å². The van der Waals surface area contributed by atoms with Crippen LogP contribution in [0.4, 0.5) is 0 Å². The van der Waals surface area contributed by atoms with Crippen LogP contribution in [0.3, 0.4) is 0 Å². The van der Waals surface area contributed by atoms with E-state index >= 15 is 0 Å². The molecule has 1 heterocycles. The number of benzene rings is 2. The number of nitrogens with zero attached hydrogens (tertiary/aromatic N) is 1. The largest absolute Gasteiger partial charge is 0.493 e. The molecule has 2 aromatic rings. The van der Waals surface area contributed by atoms with Crippen LogP contribution in [0.15, 0.2) is 41.3 Å². The molecule has 1 atom stereocenters. The fraction of sp³-hybridized carbons (Fsp3) is 0.429. The summed E-state index contributed by atoms with van der Waals surface area (Å²) in [6.45, 7) is 4.59. The molecule has 30 heavy (non-hydrogen) atoms. The average molecular weight is 455 g/mol. The second-order valence-corrected chi connectivity index (χ2v) is 9.22. The molecule has 0 aliphatic carbocycles. The third-order valence-electron chi connectivity index (χ3n) is 5.16. The van der Waals surface area contributed by atoms with Gasteiger partial charge in [-0.05, 0) is 36.2 Å². The Kier molecular flexibility index (Phi) is 7.60. The molecule has 1 aliphatic heterocycles. The number of methoxy groups -OCH3 is 2. The first-order chi connectivity index (χ1) is 14.4. The normalized spacial score (nSPS) is 16.3. The van der Waals surface area contributed by atoms with Crippen LogP contribution < -0.4 is 14.2 Å². The first-order valence-corrected chi connectivity index (χ1v) is 11.5. The Balaban J connectivity index is 1.87. The van der Waals surface area contributed by atoms with Crippen molar-refractivity contribution in [3.8, 4) is 11.5 Å². The lowest BCUT2D eigenvalue weighted by Gasteiger charge is -2.35. The van der Waals surface area contributed by atoms with E-state index in [2.05, 4.69) is 9.62 Å². The summed E-state index contributed by atoms with van der Waals surface area (Å²) in [4.78, 5) is 2.37. The Morgan fingerprint density at radius 3 is 2.43 bits per heavy atom. The number of sulfonamides is 1. The van der Waals surface area contributed by atoms with Gasteiger partial charge in [0, 0.05) is 36.8 Å². The Morgan fingerprint density at radius 2 is 1.80 bits per heavy atom. The third-order valence-corrected chi connectivity index (χ3v) is 6.96. The van der Waals surface area contributed by atoms with Crippen molar-refractivity contribution >= 4 is 21.6 Å². The van der Waals surface area contributed by atoms with Gasteiger partial charge in [-0.25, -0.2) is 13.1 Å². The van der Waals surface area contributed by atoms with Gasteiger partial charge in [0.05, 0.1) is 32.3 Å². The van der Waals surface area contributed by atoms with Crippen molar-refractivity contribution in [2.75, 3.05) is 47.1 Å². The highest BCUT2D eigenvalue weighted by molar-refractivity contribution is 7.89. The van der Waals surface area contributed by atoms with Gasteiger partial charge in [-0.15, -0.1) is 0 Å². The molecular weight excluding hydrogens is 428 g/mol. The van der Waals surface area contributed by atoms with Crippen LogP contribution in [0.1, 0.15) is 17.2 Å². The van der Waals surface area contributed by atoms with E-state index in [4.69, 9.17) is 25.8 Å². The van der Waals surface area contributed by atoms with Crippen molar-refractivity contribution < 1.29 is 22.6 Å². The average Bonchev–Trinajstić information content (AvgIpc) is 2.74. The minimum Gasteiger partial charge on any atom is -0.493 e. The predicted molar refractivity (Wildman–Crippen MR) is 116 cm³/mol. The lowest BCUT2D eigenvalue weighted by molar-refractivity contribution is 0.0172. The van der Waals surface area contributed by atoms with Crippen molar-refractivity contribution in [1.29, 1.82) is 0 Å². The van der Waals surface area contributed by atoms with Crippen LogP contribution in [0, 0.1) is 6.92 Å². The van der Waals surface area contributed by atoms with E-state index in [1.807, 2.05) is 18.2 Å². The maximum Gasteiger partial charge on any atom is 0.241 e. The summed E-state index contributed by atoms with van der Waals surface area (Å²) in [5.41, 5.74) is 1.53. The number of ether oxygens (including phenoxy) is 3. The van der Waals surface area contributed by atoms with Crippen LogP contribution >= 0.6 is 11.6 Å². The molecule has 0 saturated carbocycles. The Bertz CT molecular complexity index is 977. The zero-order valence-corrected chi connectivity index (χ0v) is 18.9. The summed E-state index contributed by atoms with van der Waals surface area (Å²) in [7, 11) is -0.785. The molecule has 0 spiro atoms. The van der Waals surface area contributed by atoms with Crippen molar-refractivity contribution in [3.05, 3.63) is 52.5 Å². The lowest BCUT2D eigenvalue weighted by Crippen LogP contribution is -2.43. The topological polar surface area (TPSA) is 77.1 Å². The van der Waals surface area contributed by atoms with Crippen molar-refractivity contribution in [3.63, 3.8) is 0 Å². The molecule has 1 unspecified atom stereocenters. The van der Waals surface area contributed by atoms with E-state index < -0.39 is 10.0 Å². The number of hydrogen-bond acceptors (Lipinski definition) is 6. The van der Waals surface area contributed by atoms with Crippen LogP contribution in [-0.2, 0) is 14.8 Å². The summed E-state index contributed by atoms with van der Waals surface area (Å²) in [6.07, 6.45) is 0. The highest BCUT2D eigenvalue weighted by atomic mass is 35.5. The van der Waals surface area contributed by atoms with Gasteiger partial charge in [-0.3, -0.25) is 4.90 Å². The molecule has 1 N–H and O–H groups in total. The van der Waals surface area contributed by atoms with Crippen LogP contribution in [-0.4, -0.2) is 60.4 Å². The van der Waals surface area contributed by atoms with Crippen molar-refractivity contribution in [1.82, 2.24) is 9.62 Å². The maximum absolute atomic E-state index is 13.1. The van der Waals surface area contributed by atoms with Gasteiger partial charge in [0.15, 0.2) is 11.5 Å². The Morgan fingerprint density at radius 1 is 1.13 bits per heavy atom. The quantitative estimate of drug-likeness (QED) is 0.660. The zero-order chi connectivity index (χ0) is 21.7. The zero-order valence-electron chi connectivity index (χ0n) is 17.4. The number of halogens is 1. The van der Waals surface area contributed by atoms with Gasteiger partial charge in [-0.1, -0.05) is 23.7 Å². The molecule has 0 amide bonds. The first kappa shape index (κ1) is 22.8. The highest BCUT2D eigenvalue weighted by Crippen LogP contribution is 2.32. The van der Waals surface area contributed by atoms with Gasteiger partial charge < -0.3 is 14.2 Å². The summed E-state index contributed by atoms with van der Waals surface area (Å²) in [6, 6.07) is 10.5. The van der Waals surface area contributed by atoms with Gasteiger partial charge in [0.25, 0.3) is 0 Å². The molecule has 7 nitrogen and oxygen atoms in total. The molecule has 1 fully saturated rings. The van der Waals surface area contributed by atoms with Crippen molar-refractivity contribution in [2.24, 2.45) is 0 Å². The van der Waals surface area contributed by atoms with Gasteiger partial charge in [-0.2, -0.15) is 0 Å². The SMILES string of the molecule is COc1cc(C)c(S(=O)(=O)NCC(c2cccc(Cl)c2)N2CCOCC2)cc1OC. The molecule has 0 bridgehead atoms. The van der Waals surface area contributed by atoms with Gasteiger partial charge in [0.2, 0.25) is 10.0 Å². The van der Waals surface area contributed by atoms with E-state index in [9.17, 15) is 8.42 Å². The van der Waals surface area contributed by atoms with Crippen LogP contribution in [0.5, 0.6) is 11.5 Å². The summed E-state index contributed by atoms with van der Waals surface area (Å²) in [5, 5.41) is 0.615. The maximum atomic E-state index is 13.1. The molecule has 1 aliphatic rings. The smallest absolute Gasteiger partial charge is 0.241 e. The predicted octanol–water partition coefficient (Wildman–Crippen LogP) is 3.02. The van der Waals surface area contributed by atoms with Crippen molar-refractivity contribution in [2.45, 2.75) is 17.9 Å². The number of nitrogens with one attached hydrogen (secondary N) is 1.